The molecule has 0 radical (unpaired) electrons. The topological polar surface area (TPSA) is 32.3 Å². The highest BCUT2D eigenvalue weighted by Crippen LogP contribution is 2.21. The van der Waals surface area contributed by atoms with Gasteiger partial charge in [-0.25, -0.2) is 0 Å². The highest BCUT2D eigenvalue weighted by Gasteiger charge is 2.25. The third-order valence-corrected chi connectivity index (χ3v) is 4.77. The van der Waals surface area contributed by atoms with Gasteiger partial charge in [0.15, 0.2) is 0 Å². The first-order chi connectivity index (χ1) is 11.2. The Hall–Kier alpha value is -1.65. The van der Waals surface area contributed by atoms with Crippen LogP contribution in [0.4, 0.5) is 5.69 Å². The van der Waals surface area contributed by atoms with Gasteiger partial charge in [0, 0.05) is 23.2 Å². The van der Waals surface area contributed by atoms with Crippen molar-refractivity contribution in [1.29, 1.82) is 0 Å². The average Bonchev–Trinajstić information content (AvgIpc) is 2.58. The van der Waals surface area contributed by atoms with Crippen molar-refractivity contribution in [3.63, 3.8) is 0 Å². The number of nitrogens with zero attached hydrogens (tertiary/aromatic N) is 1. The number of piperidine rings is 1. The van der Waals surface area contributed by atoms with Crippen molar-refractivity contribution in [2.24, 2.45) is 5.92 Å². The van der Waals surface area contributed by atoms with E-state index in [-0.39, 0.29) is 11.8 Å². The van der Waals surface area contributed by atoms with Gasteiger partial charge in [0.05, 0.1) is 5.92 Å². The van der Waals surface area contributed by atoms with Gasteiger partial charge >= 0.3 is 0 Å². The molecule has 3 nitrogen and oxygen atoms in total. The third-order valence-electron chi connectivity index (χ3n) is 4.24. The fourth-order valence-corrected chi connectivity index (χ4v) is 3.30. The van der Waals surface area contributed by atoms with E-state index in [9.17, 15) is 4.79 Å². The van der Waals surface area contributed by atoms with Gasteiger partial charge in [-0.2, -0.15) is 0 Å². The fourth-order valence-electron chi connectivity index (χ4n) is 3.03. The number of halogens is 1. The van der Waals surface area contributed by atoms with Crippen LogP contribution in [-0.2, 0) is 11.3 Å². The minimum Gasteiger partial charge on any atom is -0.326 e. The van der Waals surface area contributed by atoms with Gasteiger partial charge in [0.1, 0.15) is 0 Å². The van der Waals surface area contributed by atoms with E-state index in [2.05, 4.69) is 50.4 Å². The van der Waals surface area contributed by atoms with Crippen molar-refractivity contribution in [3.8, 4) is 0 Å². The van der Waals surface area contributed by atoms with Gasteiger partial charge in [0.2, 0.25) is 5.91 Å². The molecule has 0 bridgehead atoms. The molecular weight excluding hydrogens is 352 g/mol. The van der Waals surface area contributed by atoms with Gasteiger partial charge in [-0.15, -0.1) is 0 Å². The molecule has 0 aliphatic carbocycles. The monoisotopic (exact) mass is 372 g/mol. The predicted molar refractivity (Wildman–Crippen MR) is 97.2 cm³/mol. The quantitative estimate of drug-likeness (QED) is 0.867. The number of anilines is 1. The highest BCUT2D eigenvalue weighted by atomic mass is 79.9. The first kappa shape index (κ1) is 16.2. The van der Waals surface area contributed by atoms with Gasteiger partial charge in [-0.3, -0.25) is 9.69 Å². The van der Waals surface area contributed by atoms with E-state index < -0.39 is 0 Å². The summed E-state index contributed by atoms with van der Waals surface area (Å²) in [6, 6.07) is 18.2. The van der Waals surface area contributed by atoms with Crippen LogP contribution < -0.4 is 5.32 Å². The van der Waals surface area contributed by atoms with Gasteiger partial charge < -0.3 is 5.32 Å². The van der Waals surface area contributed by atoms with Crippen LogP contribution in [0.2, 0.25) is 0 Å². The summed E-state index contributed by atoms with van der Waals surface area (Å²) >= 11 is 3.41. The molecule has 1 atom stereocenters. The predicted octanol–water partition coefficient (Wildman–Crippen LogP) is 4.30. The molecule has 1 N–H and O–H groups in total. The maximum atomic E-state index is 12.5. The molecule has 0 saturated carbocycles. The van der Waals surface area contributed by atoms with E-state index in [1.807, 2.05) is 30.3 Å². The van der Waals surface area contributed by atoms with Crippen LogP contribution in [0.25, 0.3) is 0 Å². The zero-order chi connectivity index (χ0) is 16.1. The Morgan fingerprint density at radius 1 is 1.13 bits per heavy atom. The summed E-state index contributed by atoms with van der Waals surface area (Å²) < 4.78 is 1.02. The average molecular weight is 373 g/mol. The summed E-state index contributed by atoms with van der Waals surface area (Å²) in [5.74, 6) is 0.196. The number of carbonyl (C=O) groups excluding carboxylic acids is 1. The van der Waals surface area contributed by atoms with E-state index in [0.717, 1.165) is 42.6 Å². The Morgan fingerprint density at radius 3 is 2.61 bits per heavy atom. The van der Waals surface area contributed by atoms with E-state index in [1.54, 1.807) is 0 Å². The molecule has 120 valence electrons. The van der Waals surface area contributed by atoms with Crippen LogP contribution in [0.5, 0.6) is 0 Å². The SMILES string of the molecule is O=C(Nc1ccc(Br)cc1)[C@@H]1CCCN(Cc2ccccc2)C1. The molecule has 0 unspecified atom stereocenters. The van der Waals surface area contributed by atoms with Crippen molar-refractivity contribution in [1.82, 2.24) is 4.90 Å². The first-order valence-corrected chi connectivity index (χ1v) is 8.83. The molecular formula is C19H21BrN2O. The van der Waals surface area contributed by atoms with E-state index in [4.69, 9.17) is 0 Å². The lowest BCUT2D eigenvalue weighted by molar-refractivity contribution is -0.121. The maximum Gasteiger partial charge on any atom is 0.228 e. The lowest BCUT2D eigenvalue weighted by Crippen LogP contribution is -2.40. The molecule has 2 aromatic rings. The summed E-state index contributed by atoms with van der Waals surface area (Å²) in [6.07, 6.45) is 2.04. The third kappa shape index (κ3) is 4.66. The second kappa shape index (κ2) is 7.75. The molecule has 1 amide bonds. The van der Waals surface area contributed by atoms with Crippen molar-refractivity contribution >= 4 is 27.5 Å². The number of hydrogen-bond acceptors (Lipinski definition) is 2. The minimum atomic E-state index is 0.0658. The summed E-state index contributed by atoms with van der Waals surface area (Å²) in [5, 5.41) is 3.04. The minimum absolute atomic E-state index is 0.0658. The van der Waals surface area contributed by atoms with Crippen LogP contribution >= 0.6 is 15.9 Å². The lowest BCUT2D eigenvalue weighted by atomic mass is 9.96. The second-order valence-corrected chi connectivity index (χ2v) is 6.97. The molecule has 4 heteroatoms. The number of amides is 1. The summed E-state index contributed by atoms with van der Waals surface area (Å²) in [5.41, 5.74) is 2.17. The van der Waals surface area contributed by atoms with Crippen LogP contribution in [0, 0.1) is 5.92 Å². The van der Waals surface area contributed by atoms with E-state index >= 15 is 0 Å². The van der Waals surface area contributed by atoms with Gasteiger partial charge in [-0.1, -0.05) is 46.3 Å². The Morgan fingerprint density at radius 2 is 1.87 bits per heavy atom. The van der Waals surface area contributed by atoms with Crippen LogP contribution in [-0.4, -0.2) is 23.9 Å². The smallest absolute Gasteiger partial charge is 0.228 e. The molecule has 1 heterocycles. The van der Waals surface area contributed by atoms with Crippen LogP contribution in [0.3, 0.4) is 0 Å². The Balaban J connectivity index is 1.57. The standard InChI is InChI=1S/C19H21BrN2O/c20-17-8-10-18(11-9-17)21-19(23)16-7-4-12-22(14-16)13-15-5-2-1-3-6-15/h1-3,5-6,8-11,16H,4,7,12-14H2,(H,21,23)/t16-/m1/s1. The number of nitrogens with one attached hydrogen (secondary N) is 1. The second-order valence-electron chi connectivity index (χ2n) is 6.06. The summed E-state index contributed by atoms with van der Waals surface area (Å²) in [4.78, 5) is 14.9. The zero-order valence-corrected chi connectivity index (χ0v) is 14.6. The summed E-state index contributed by atoms with van der Waals surface area (Å²) in [6.45, 7) is 2.82. The normalized spacial score (nSPS) is 18.6. The van der Waals surface area contributed by atoms with Crippen molar-refractivity contribution in [2.45, 2.75) is 19.4 Å². The molecule has 2 aromatic carbocycles. The van der Waals surface area contributed by atoms with Crippen LogP contribution in [0.1, 0.15) is 18.4 Å². The van der Waals surface area contributed by atoms with E-state index in [1.165, 1.54) is 5.56 Å². The molecule has 1 aliphatic rings. The van der Waals surface area contributed by atoms with Gasteiger partial charge in [0.25, 0.3) is 0 Å². The molecule has 0 aromatic heterocycles. The van der Waals surface area contributed by atoms with E-state index in [0.29, 0.717) is 0 Å². The van der Waals surface area contributed by atoms with Crippen molar-refractivity contribution in [3.05, 3.63) is 64.6 Å². The molecule has 3 rings (SSSR count). The fraction of sp³-hybridized carbons (Fsp3) is 0.316. The Labute approximate surface area is 145 Å². The van der Waals surface area contributed by atoms with Gasteiger partial charge in [-0.05, 0) is 49.2 Å². The molecule has 23 heavy (non-hydrogen) atoms. The van der Waals surface area contributed by atoms with Crippen LogP contribution in [0.15, 0.2) is 59.1 Å². The Bertz CT molecular complexity index is 642. The maximum absolute atomic E-state index is 12.5. The Kier molecular flexibility index (Phi) is 5.47. The number of likely N-dealkylation sites (tertiary alicyclic amines) is 1. The largest absolute Gasteiger partial charge is 0.326 e. The summed E-state index contributed by atoms with van der Waals surface area (Å²) in [7, 11) is 0. The number of hydrogen-bond donors (Lipinski definition) is 1. The zero-order valence-electron chi connectivity index (χ0n) is 13.0. The molecule has 1 fully saturated rings. The molecule has 1 saturated heterocycles. The lowest BCUT2D eigenvalue weighted by Gasteiger charge is -2.32. The highest BCUT2D eigenvalue weighted by molar-refractivity contribution is 9.10. The first-order valence-electron chi connectivity index (χ1n) is 8.03. The van der Waals surface area contributed by atoms with Crippen molar-refractivity contribution < 1.29 is 4.79 Å². The molecule has 1 aliphatic heterocycles. The molecule has 0 spiro atoms. The van der Waals surface area contributed by atoms with Crippen molar-refractivity contribution in [2.75, 3.05) is 18.4 Å². The number of rotatable bonds is 4. The number of carbonyl (C=O) groups is 1. The number of benzene rings is 2.